The molecule has 1 saturated heterocycles. The van der Waals surface area contributed by atoms with E-state index >= 15 is 0 Å². The van der Waals surface area contributed by atoms with Crippen molar-refractivity contribution in [1.82, 2.24) is 15.2 Å². The van der Waals surface area contributed by atoms with Crippen LogP contribution in [0.1, 0.15) is 19.0 Å². The molecule has 0 aliphatic carbocycles. The zero-order valence-corrected chi connectivity index (χ0v) is 12.3. The van der Waals surface area contributed by atoms with Crippen LogP contribution in [0.15, 0.2) is 5.38 Å². The van der Waals surface area contributed by atoms with Crippen LogP contribution in [0.25, 0.3) is 0 Å². The van der Waals surface area contributed by atoms with Crippen LogP contribution < -0.4 is 10.2 Å². The predicted molar refractivity (Wildman–Crippen MR) is 78.7 cm³/mol. The fraction of sp³-hybridized carbons (Fsp3) is 0.769. The van der Waals surface area contributed by atoms with Crippen LogP contribution in [0.4, 0.5) is 5.13 Å². The number of likely N-dealkylation sites (N-methyl/N-ethyl adjacent to an activating group) is 1. The first-order valence-electron chi connectivity index (χ1n) is 6.88. The van der Waals surface area contributed by atoms with Gasteiger partial charge in [0.15, 0.2) is 5.13 Å². The van der Waals surface area contributed by atoms with E-state index in [0.29, 0.717) is 0 Å². The van der Waals surface area contributed by atoms with E-state index in [0.717, 1.165) is 45.7 Å². The standard InChI is InChI=1S/C13H24N4S/c1-3-5-14-6-4-12-11-18-13(15-12)17-9-7-16(2)8-10-17/h11,14H,3-10H2,1-2H3. The molecule has 1 N–H and O–H groups in total. The largest absolute Gasteiger partial charge is 0.346 e. The van der Waals surface area contributed by atoms with E-state index in [1.807, 2.05) is 0 Å². The minimum absolute atomic E-state index is 1.04. The molecule has 0 atom stereocenters. The van der Waals surface area contributed by atoms with Crippen molar-refractivity contribution in [3.8, 4) is 0 Å². The van der Waals surface area contributed by atoms with Gasteiger partial charge in [-0.1, -0.05) is 6.92 Å². The fourth-order valence-electron chi connectivity index (χ4n) is 2.07. The summed E-state index contributed by atoms with van der Waals surface area (Å²) >= 11 is 1.79. The maximum atomic E-state index is 4.74. The van der Waals surface area contributed by atoms with Gasteiger partial charge in [0.25, 0.3) is 0 Å². The molecule has 1 fully saturated rings. The number of rotatable bonds is 6. The van der Waals surface area contributed by atoms with Crippen LogP contribution in [0.2, 0.25) is 0 Å². The molecule has 4 nitrogen and oxygen atoms in total. The van der Waals surface area contributed by atoms with Gasteiger partial charge in [0.05, 0.1) is 5.69 Å². The summed E-state index contributed by atoms with van der Waals surface area (Å²) in [5.41, 5.74) is 1.23. The average Bonchev–Trinajstić information content (AvgIpc) is 2.84. The molecule has 0 amide bonds. The highest BCUT2D eigenvalue weighted by Crippen LogP contribution is 2.21. The van der Waals surface area contributed by atoms with Gasteiger partial charge in [-0.2, -0.15) is 0 Å². The van der Waals surface area contributed by atoms with E-state index in [4.69, 9.17) is 4.98 Å². The zero-order chi connectivity index (χ0) is 12.8. The van der Waals surface area contributed by atoms with Gasteiger partial charge in [-0.05, 0) is 20.0 Å². The zero-order valence-electron chi connectivity index (χ0n) is 11.5. The normalized spacial score (nSPS) is 17.3. The van der Waals surface area contributed by atoms with Crippen LogP contribution in [0, 0.1) is 0 Å². The van der Waals surface area contributed by atoms with Crippen molar-refractivity contribution in [1.29, 1.82) is 0 Å². The lowest BCUT2D eigenvalue weighted by atomic mass is 10.3. The van der Waals surface area contributed by atoms with Gasteiger partial charge < -0.3 is 15.1 Å². The average molecular weight is 268 g/mol. The molecule has 1 aromatic rings. The van der Waals surface area contributed by atoms with E-state index in [9.17, 15) is 0 Å². The number of thiazole rings is 1. The Labute approximate surface area is 114 Å². The van der Waals surface area contributed by atoms with Gasteiger partial charge in [-0.3, -0.25) is 0 Å². The quantitative estimate of drug-likeness (QED) is 0.791. The molecule has 1 aliphatic heterocycles. The molecule has 5 heteroatoms. The Hall–Kier alpha value is -0.650. The lowest BCUT2D eigenvalue weighted by Crippen LogP contribution is -2.44. The third-order valence-electron chi connectivity index (χ3n) is 3.30. The molecule has 0 spiro atoms. The van der Waals surface area contributed by atoms with Crippen molar-refractivity contribution >= 4 is 16.5 Å². The van der Waals surface area contributed by atoms with Crippen LogP contribution in [0.3, 0.4) is 0 Å². The van der Waals surface area contributed by atoms with Gasteiger partial charge >= 0.3 is 0 Å². The summed E-state index contributed by atoms with van der Waals surface area (Å²) in [4.78, 5) is 9.53. The molecule has 1 aromatic heterocycles. The number of piperazine rings is 1. The lowest BCUT2D eigenvalue weighted by molar-refractivity contribution is 0.312. The maximum Gasteiger partial charge on any atom is 0.185 e. The Morgan fingerprint density at radius 1 is 1.28 bits per heavy atom. The first-order valence-corrected chi connectivity index (χ1v) is 7.76. The molecule has 2 heterocycles. The number of hydrogen-bond donors (Lipinski definition) is 1. The van der Waals surface area contributed by atoms with Crippen LogP contribution in [-0.2, 0) is 6.42 Å². The van der Waals surface area contributed by atoms with Crippen LogP contribution >= 0.6 is 11.3 Å². The van der Waals surface area contributed by atoms with Crippen molar-refractivity contribution in [3.05, 3.63) is 11.1 Å². The Morgan fingerprint density at radius 2 is 2.06 bits per heavy atom. The highest BCUT2D eigenvalue weighted by Gasteiger charge is 2.16. The molecular formula is C13H24N4S. The third kappa shape index (κ3) is 3.93. The van der Waals surface area contributed by atoms with E-state index in [2.05, 4.69) is 34.5 Å². The summed E-state index contributed by atoms with van der Waals surface area (Å²) in [6.07, 6.45) is 2.24. The van der Waals surface area contributed by atoms with E-state index in [1.54, 1.807) is 11.3 Å². The molecule has 1 aliphatic rings. The van der Waals surface area contributed by atoms with E-state index in [1.165, 1.54) is 17.2 Å². The minimum Gasteiger partial charge on any atom is -0.346 e. The van der Waals surface area contributed by atoms with E-state index < -0.39 is 0 Å². The van der Waals surface area contributed by atoms with Crippen molar-refractivity contribution in [2.45, 2.75) is 19.8 Å². The molecule has 0 saturated carbocycles. The number of aromatic nitrogens is 1. The lowest BCUT2D eigenvalue weighted by Gasteiger charge is -2.32. The molecule has 2 rings (SSSR count). The third-order valence-corrected chi connectivity index (χ3v) is 4.25. The van der Waals surface area contributed by atoms with Gasteiger partial charge in [-0.25, -0.2) is 4.98 Å². The smallest absolute Gasteiger partial charge is 0.185 e. The minimum atomic E-state index is 1.04. The molecule has 0 unspecified atom stereocenters. The predicted octanol–water partition coefficient (Wildman–Crippen LogP) is 1.44. The first-order chi connectivity index (χ1) is 8.79. The summed E-state index contributed by atoms with van der Waals surface area (Å²) in [6.45, 7) is 8.85. The van der Waals surface area contributed by atoms with Gasteiger partial charge in [0.2, 0.25) is 0 Å². The summed E-state index contributed by atoms with van der Waals surface area (Å²) in [6, 6.07) is 0. The number of nitrogens with one attached hydrogen (secondary N) is 1. The van der Waals surface area contributed by atoms with Crippen molar-refractivity contribution < 1.29 is 0 Å². The molecule has 18 heavy (non-hydrogen) atoms. The monoisotopic (exact) mass is 268 g/mol. The Kier molecular flexibility index (Phi) is 5.41. The van der Waals surface area contributed by atoms with Crippen molar-refractivity contribution in [3.63, 3.8) is 0 Å². The summed E-state index contributed by atoms with van der Waals surface area (Å²) in [5.74, 6) is 0. The Balaban J connectivity index is 1.78. The Bertz CT molecular complexity index is 345. The van der Waals surface area contributed by atoms with Gasteiger partial charge in [-0.15, -0.1) is 11.3 Å². The summed E-state index contributed by atoms with van der Waals surface area (Å²) < 4.78 is 0. The fourth-order valence-corrected chi connectivity index (χ4v) is 2.99. The van der Waals surface area contributed by atoms with Crippen molar-refractivity contribution in [2.24, 2.45) is 0 Å². The molecule has 0 radical (unpaired) electrons. The second kappa shape index (κ2) is 7.07. The molecule has 0 bridgehead atoms. The topological polar surface area (TPSA) is 31.4 Å². The molecule has 0 aromatic carbocycles. The first kappa shape index (κ1) is 13.8. The van der Waals surface area contributed by atoms with E-state index in [-0.39, 0.29) is 0 Å². The summed E-state index contributed by atoms with van der Waals surface area (Å²) in [5, 5.41) is 6.83. The summed E-state index contributed by atoms with van der Waals surface area (Å²) in [7, 11) is 2.18. The second-order valence-corrected chi connectivity index (χ2v) is 5.75. The van der Waals surface area contributed by atoms with Crippen LogP contribution in [-0.4, -0.2) is 56.2 Å². The van der Waals surface area contributed by atoms with Crippen LogP contribution in [0.5, 0.6) is 0 Å². The number of anilines is 1. The second-order valence-electron chi connectivity index (χ2n) is 4.91. The number of nitrogens with zero attached hydrogens (tertiary/aromatic N) is 3. The Morgan fingerprint density at radius 3 is 2.78 bits per heavy atom. The SMILES string of the molecule is CCCNCCc1csc(N2CCN(C)CC2)n1. The molecular weight excluding hydrogens is 244 g/mol. The number of hydrogen-bond acceptors (Lipinski definition) is 5. The highest BCUT2D eigenvalue weighted by molar-refractivity contribution is 7.13. The van der Waals surface area contributed by atoms with Gasteiger partial charge in [0, 0.05) is 44.5 Å². The maximum absolute atomic E-state index is 4.74. The molecule has 102 valence electrons. The van der Waals surface area contributed by atoms with Gasteiger partial charge in [0.1, 0.15) is 0 Å². The highest BCUT2D eigenvalue weighted by atomic mass is 32.1. The van der Waals surface area contributed by atoms with Crippen molar-refractivity contribution in [2.75, 3.05) is 51.2 Å².